The van der Waals surface area contributed by atoms with Crippen LogP contribution >= 0.6 is 0 Å². The van der Waals surface area contributed by atoms with Crippen molar-refractivity contribution in [2.24, 2.45) is 4.99 Å². The molecule has 1 heterocycles. The van der Waals surface area contributed by atoms with Crippen molar-refractivity contribution in [1.82, 2.24) is 0 Å². The van der Waals surface area contributed by atoms with E-state index >= 15 is 0 Å². The molecule has 2 aromatic carbocycles. The maximum Gasteiger partial charge on any atom is 0.216 e. The number of nitrogens with zero attached hydrogens (tertiary/aromatic N) is 1. The molecule has 2 aliphatic rings. The molecule has 0 bridgehead atoms. The fourth-order valence-corrected chi connectivity index (χ4v) is 4.33. The normalized spacial score (nSPS) is 23.2. The molecule has 0 fully saturated rings. The fourth-order valence-electron chi connectivity index (χ4n) is 4.33. The summed E-state index contributed by atoms with van der Waals surface area (Å²) in [6, 6.07) is 13.7. The van der Waals surface area contributed by atoms with Crippen LogP contribution in [0.4, 0.5) is 0 Å². The second-order valence-electron chi connectivity index (χ2n) is 7.75. The highest BCUT2D eigenvalue weighted by Crippen LogP contribution is 2.37. The van der Waals surface area contributed by atoms with Crippen LogP contribution in [0.25, 0.3) is 0 Å². The second kappa shape index (κ2) is 8.26. The minimum atomic E-state index is 0.0812. The van der Waals surface area contributed by atoms with Crippen LogP contribution in [-0.4, -0.2) is 29.8 Å². The average molecular weight is 380 g/mol. The summed E-state index contributed by atoms with van der Waals surface area (Å²) in [6.45, 7) is 5.02. The van der Waals surface area contributed by atoms with E-state index in [2.05, 4.69) is 32.0 Å². The van der Waals surface area contributed by atoms with E-state index in [1.165, 1.54) is 30.4 Å². The van der Waals surface area contributed by atoms with Gasteiger partial charge >= 0.3 is 0 Å². The molecule has 1 N–H and O–H groups in total. The number of benzene rings is 2. The van der Waals surface area contributed by atoms with Gasteiger partial charge in [0.25, 0.3) is 0 Å². The molecule has 4 rings (SSSR count). The van der Waals surface area contributed by atoms with Crippen LogP contribution in [0.15, 0.2) is 47.5 Å². The largest absolute Gasteiger partial charge is 0.508 e. The lowest BCUT2D eigenvalue weighted by molar-refractivity contribution is 0.171. The highest BCUT2D eigenvalue weighted by Gasteiger charge is 2.30. The third kappa shape index (κ3) is 3.87. The molecule has 148 valence electrons. The Morgan fingerprint density at radius 3 is 2.68 bits per heavy atom. The quantitative estimate of drug-likeness (QED) is 0.717. The lowest BCUT2D eigenvalue weighted by Gasteiger charge is -2.16. The van der Waals surface area contributed by atoms with E-state index in [-0.39, 0.29) is 17.9 Å². The first-order chi connectivity index (χ1) is 13.7. The van der Waals surface area contributed by atoms with Gasteiger partial charge in [0.1, 0.15) is 17.6 Å². The molecule has 0 saturated heterocycles. The van der Waals surface area contributed by atoms with Crippen molar-refractivity contribution < 1.29 is 14.6 Å². The van der Waals surface area contributed by atoms with Crippen LogP contribution < -0.4 is 4.74 Å². The van der Waals surface area contributed by atoms with Gasteiger partial charge < -0.3 is 14.6 Å². The van der Waals surface area contributed by atoms with Gasteiger partial charge in [-0.15, -0.1) is 0 Å². The topological polar surface area (TPSA) is 51.0 Å². The Balaban J connectivity index is 1.37. The molecule has 0 saturated carbocycles. The Hall–Kier alpha value is -2.49. The molecule has 4 heteroatoms. The van der Waals surface area contributed by atoms with Gasteiger partial charge in [-0.3, -0.25) is 0 Å². The van der Waals surface area contributed by atoms with Crippen LogP contribution in [0.3, 0.4) is 0 Å². The second-order valence-corrected chi connectivity index (χ2v) is 7.75. The van der Waals surface area contributed by atoms with E-state index in [1.807, 2.05) is 12.1 Å². The Morgan fingerprint density at radius 1 is 1.11 bits per heavy atom. The summed E-state index contributed by atoms with van der Waals surface area (Å²) in [5.74, 6) is 2.60. The summed E-state index contributed by atoms with van der Waals surface area (Å²) in [7, 11) is 0. The predicted octanol–water partition coefficient (Wildman–Crippen LogP) is 5.23. The molecule has 2 aromatic rings. The number of aliphatic imine (C=N–C) groups is 1. The number of aromatic hydroxyl groups is 1. The zero-order chi connectivity index (χ0) is 19.5. The first kappa shape index (κ1) is 18.9. The lowest BCUT2D eigenvalue weighted by atomic mass is 9.99. The van der Waals surface area contributed by atoms with E-state index in [1.54, 1.807) is 12.1 Å². The van der Waals surface area contributed by atoms with Crippen molar-refractivity contribution in [3.05, 3.63) is 59.2 Å². The van der Waals surface area contributed by atoms with Crippen molar-refractivity contribution in [3.63, 3.8) is 0 Å². The number of hydrogen-bond acceptors (Lipinski definition) is 4. The minimum absolute atomic E-state index is 0.0812. The van der Waals surface area contributed by atoms with E-state index in [0.29, 0.717) is 12.5 Å². The molecular formula is C24H29NO3. The monoisotopic (exact) mass is 379 g/mol. The van der Waals surface area contributed by atoms with Crippen LogP contribution in [0.2, 0.25) is 0 Å². The summed E-state index contributed by atoms with van der Waals surface area (Å²) < 4.78 is 12.1. The van der Waals surface area contributed by atoms with Gasteiger partial charge in [0.05, 0.1) is 12.6 Å². The molecule has 28 heavy (non-hydrogen) atoms. The predicted molar refractivity (Wildman–Crippen MR) is 112 cm³/mol. The van der Waals surface area contributed by atoms with Gasteiger partial charge in [0, 0.05) is 12.0 Å². The zero-order valence-corrected chi connectivity index (χ0v) is 16.7. The first-order valence-corrected chi connectivity index (χ1v) is 10.5. The molecule has 0 amide bonds. The van der Waals surface area contributed by atoms with Gasteiger partial charge in [-0.2, -0.15) is 0 Å². The Labute approximate surface area is 167 Å². The fraction of sp³-hybridized carbons (Fsp3) is 0.458. The maximum atomic E-state index is 9.46. The first-order valence-electron chi connectivity index (χ1n) is 10.5. The van der Waals surface area contributed by atoms with E-state index in [0.717, 1.165) is 30.1 Å². The van der Waals surface area contributed by atoms with E-state index in [4.69, 9.17) is 14.5 Å². The number of phenolic OH excluding ortho intramolecular Hbond substituents is 1. The van der Waals surface area contributed by atoms with Crippen molar-refractivity contribution in [3.8, 4) is 11.5 Å². The number of phenols is 1. The summed E-state index contributed by atoms with van der Waals surface area (Å²) in [4.78, 5) is 4.78. The van der Waals surface area contributed by atoms with Gasteiger partial charge in [-0.05, 0) is 79.1 Å². The minimum Gasteiger partial charge on any atom is -0.508 e. The lowest BCUT2D eigenvalue weighted by Crippen LogP contribution is -2.23. The third-order valence-electron chi connectivity index (χ3n) is 5.98. The highest BCUT2D eigenvalue weighted by molar-refractivity contribution is 5.95. The standard InChI is InChI=1S/C24H29NO3/c1-3-16-5-6-18-15-20(11-12-21(16)18)27-14-13-22-23(4-2)28-24(25-22)17-7-9-19(26)10-8-17/h7-12,15-16,22-23,26H,3-6,13-14H2,1-2H3/t16-,22?,23?/m1/s1. The Morgan fingerprint density at radius 2 is 1.93 bits per heavy atom. The maximum absolute atomic E-state index is 9.46. The van der Waals surface area contributed by atoms with Crippen molar-refractivity contribution in [1.29, 1.82) is 0 Å². The number of hydrogen-bond donors (Lipinski definition) is 1. The van der Waals surface area contributed by atoms with Gasteiger partial charge in [-0.25, -0.2) is 4.99 Å². The summed E-state index contributed by atoms with van der Waals surface area (Å²) in [6.07, 6.45) is 5.47. The molecule has 4 nitrogen and oxygen atoms in total. The highest BCUT2D eigenvalue weighted by atomic mass is 16.5. The SMILES string of the molecule is CCC1OC(c2ccc(O)cc2)=NC1CCOc1ccc2c(c1)CC[C@H]2CC. The molecule has 2 unspecified atom stereocenters. The van der Waals surface area contributed by atoms with Gasteiger partial charge in [0.15, 0.2) is 0 Å². The number of rotatable bonds is 7. The summed E-state index contributed by atoms with van der Waals surface area (Å²) in [5.41, 5.74) is 3.87. The van der Waals surface area contributed by atoms with Crippen LogP contribution in [0.5, 0.6) is 11.5 Å². The summed E-state index contributed by atoms with van der Waals surface area (Å²) in [5, 5.41) is 9.46. The molecule has 0 radical (unpaired) electrons. The number of ether oxygens (including phenoxy) is 2. The average Bonchev–Trinajstić information content (AvgIpc) is 3.32. The van der Waals surface area contributed by atoms with Crippen molar-refractivity contribution in [2.45, 2.75) is 64.0 Å². The van der Waals surface area contributed by atoms with Crippen molar-refractivity contribution in [2.75, 3.05) is 6.61 Å². The summed E-state index contributed by atoms with van der Waals surface area (Å²) >= 11 is 0. The van der Waals surface area contributed by atoms with Crippen LogP contribution in [-0.2, 0) is 11.2 Å². The molecular weight excluding hydrogens is 350 g/mol. The van der Waals surface area contributed by atoms with Gasteiger partial charge in [0.2, 0.25) is 5.90 Å². The smallest absolute Gasteiger partial charge is 0.216 e. The Bertz CT molecular complexity index is 843. The Kier molecular flexibility index (Phi) is 5.56. The molecule has 0 spiro atoms. The van der Waals surface area contributed by atoms with Crippen molar-refractivity contribution >= 4 is 5.90 Å². The van der Waals surface area contributed by atoms with Crippen LogP contribution in [0, 0.1) is 0 Å². The van der Waals surface area contributed by atoms with E-state index in [9.17, 15) is 5.11 Å². The van der Waals surface area contributed by atoms with Crippen LogP contribution in [0.1, 0.15) is 62.1 Å². The van der Waals surface area contributed by atoms with Gasteiger partial charge in [-0.1, -0.05) is 19.9 Å². The zero-order valence-electron chi connectivity index (χ0n) is 16.7. The molecule has 0 aromatic heterocycles. The number of fused-ring (bicyclic) bond motifs is 1. The molecule has 1 aliphatic heterocycles. The number of aryl methyl sites for hydroxylation is 1. The molecule has 1 aliphatic carbocycles. The third-order valence-corrected chi connectivity index (χ3v) is 5.98. The van der Waals surface area contributed by atoms with E-state index < -0.39 is 0 Å². The molecule has 3 atom stereocenters.